The first-order valence-corrected chi connectivity index (χ1v) is 6.12. The average molecular weight is 275 g/mol. The number of aliphatic hydroxyl groups is 1. The first kappa shape index (κ1) is 17.2. The first-order valence-electron chi connectivity index (χ1n) is 6.12. The highest BCUT2D eigenvalue weighted by Gasteiger charge is 2.16. The number of carbonyl (C=O) groups is 3. The number of carbonyl (C=O) groups excluding carboxylic acids is 2. The standard InChI is InChI=1S/C11H21N3O5/c1-3-12-9(16)7-14(4-2)11(19)13-6-5-8(15)10(17)18/h8,15H,3-7H2,1-2H3,(H,12,16)(H,13,19)(H,17,18). The molecule has 0 saturated carbocycles. The minimum Gasteiger partial charge on any atom is -0.479 e. The molecule has 0 aliphatic rings. The Morgan fingerprint density at radius 2 is 1.84 bits per heavy atom. The smallest absolute Gasteiger partial charge is 0.332 e. The van der Waals surface area contributed by atoms with Crippen molar-refractivity contribution < 1.29 is 24.6 Å². The summed E-state index contributed by atoms with van der Waals surface area (Å²) in [6, 6.07) is -0.466. The van der Waals surface area contributed by atoms with Crippen molar-refractivity contribution in [3.05, 3.63) is 0 Å². The van der Waals surface area contributed by atoms with Crippen LogP contribution in [0.25, 0.3) is 0 Å². The summed E-state index contributed by atoms with van der Waals surface area (Å²) in [5.41, 5.74) is 0. The Morgan fingerprint density at radius 3 is 2.32 bits per heavy atom. The van der Waals surface area contributed by atoms with Crippen LogP contribution in [0.1, 0.15) is 20.3 Å². The Balaban J connectivity index is 4.08. The van der Waals surface area contributed by atoms with Crippen molar-refractivity contribution in [2.45, 2.75) is 26.4 Å². The molecule has 19 heavy (non-hydrogen) atoms. The normalized spacial score (nSPS) is 11.5. The summed E-state index contributed by atoms with van der Waals surface area (Å²) < 4.78 is 0. The van der Waals surface area contributed by atoms with E-state index in [-0.39, 0.29) is 25.4 Å². The molecule has 0 aromatic carbocycles. The van der Waals surface area contributed by atoms with E-state index in [1.165, 1.54) is 4.90 Å². The molecule has 0 aliphatic carbocycles. The molecule has 8 heteroatoms. The van der Waals surface area contributed by atoms with Gasteiger partial charge in [0.2, 0.25) is 5.91 Å². The summed E-state index contributed by atoms with van der Waals surface area (Å²) in [6.07, 6.45) is -1.58. The number of hydrogen-bond acceptors (Lipinski definition) is 4. The van der Waals surface area contributed by atoms with Gasteiger partial charge in [-0.25, -0.2) is 9.59 Å². The van der Waals surface area contributed by atoms with Crippen LogP contribution < -0.4 is 10.6 Å². The topological polar surface area (TPSA) is 119 Å². The Kier molecular flexibility index (Phi) is 8.27. The Morgan fingerprint density at radius 1 is 1.21 bits per heavy atom. The number of aliphatic hydroxyl groups excluding tert-OH is 1. The van der Waals surface area contributed by atoms with Crippen molar-refractivity contribution in [3.63, 3.8) is 0 Å². The zero-order valence-electron chi connectivity index (χ0n) is 11.2. The maximum Gasteiger partial charge on any atom is 0.332 e. The predicted octanol–water partition coefficient (Wildman–Crippen LogP) is -1.01. The van der Waals surface area contributed by atoms with Crippen LogP contribution in [-0.4, -0.2) is 65.3 Å². The van der Waals surface area contributed by atoms with Crippen molar-refractivity contribution in [2.24, 2.45) is 0 Å². The van der Waals surface area contributed by atoms with Crippen LogP contribution in [0, 0.1) is 0 Å². The number of aliphatic carboxylic acids is 1. The van der Waals surface area contributed by atoms with Crippen molar-refractivity contribution in [3.8, 4) is 0 Å². The molecule has 0 bridgehead atoms. The van der Waals surface area contributed by atoms with Gasteiger partial charge < -0.3 is 25.7 Å². The first-order chi connectivity index (χ1) is 8.92. The highest BCUT2D eigenvalue weighted by molar-refractivity contribution is 5.84. The van der Waals surface area contributed by atoms with Gasteiger partial charge in [0, 0.05) is 26.1 Å². The van der Waals surface area contributed by atoms with Crippen molar-refractivity contribution >= 4 is 17.9 Å². The van der Waals surface area contributed by atoms with Crippen LogP contribution in [-0.2, 0) is 9.59 Å². The third kappa shape index (κ3) is 7.24. The predicted molar refractivity (Wildman–Crippen MR) is 67.6 cm³/mol. The van der Waals surface area contributed by atoms with E-state index in [9.17, 15) is 14.4 Å². The SMILES string of the molecule is CCNC(=O)CN(CC)C(=O)NCCC(O)C(=O)O. The van der Waals surface area contributed by atoms with Crippen LogP contribution in [0.2, 0.25) is 0 Å². The number of nitrogens with one attached hydrogen (secondary N) is 2. The fourth-order valence-corrected chi connectivity index (χ4v) is 1.30. The maximum atomic E-state index is 11.7. The molecule has 0 spiro atoms. The Labute approximate surface area is 111 Å². The average Bonchev–Trinajstić information content (AvgIpc) is 2.35. The van der Waals surface area contributed by atoms with Crippen molar-refractivity contribution in [2.75, 3.05) is 26.2 Å². The summed E-state index contributed by atoms with van der Waals surface area (Å²) >= 11 is 0. The molecule has 0 aromatic rings. The summed E-state index contributed by atoms with van der Waals surface area (Å²) in [5.74, 6) is -1.59. The van der Waals surface area contributed by atoms with E-state index in [2.05, 4.69) is 10.6 Å². The number of rotatable bonds is 8. The maximum absolute atomic E-state index is 11.7. The van der Waals surface area contributed by atoms with Crippen molar-refractivity contribution in [1.82, 2.24) is 15.5 Å². The third-order valence-electron chi connectivity index (χ3n) is 2.36. The van der Waals surface area contributed by atoms with E-state index < -0.39 is 18.1 Å². The molecule has 0 aromatic heterocycles. The molecular weight excluding hydrogens is 254 g/mol. The monoisotopic (exact) mass is 275 g/mol. The van der Waals surface area contributed by atoms with Gasteiger partial charge in [-0.2, -0.15) is 0 Å². The van der Waals surface area contributed by atoms with Crippen LogP contribution in [0.15, 0.2) is 0 Å². The second kappa shape index (κ2) is 9.15. The minimum atomic E-state index is -1.50. The highest BCUT2D eigenvalue weighted by atomic mass is 16.4. The van der Waals surface area contributed by atoms with Gasteiger partial charge in [0.25, 0.3) is 0 Å². The van der Waals surface area contributed by atoms with Gasteiger partial charge in [0.05, 0.1) is 0 Å². The quantitative estimate of drug-likeness (QED) is 0.452. The van der Waals surface area contributed by atoms with E-state index >= 15 is 0 Å². The molecule has 0 saturated heterocycles. The molecule has 3 amide bonds. The Hall–Kier alpha value is -1.83. The largest absolute Gasteiger partial charge is 0.479 e. The molecule has 1 atom stereocenters. The number of amides is 3. The molecule has 0 fully saturated rings. The van der Waals surface area contributed by atoms with Gasteiger partial charge in [-0.3, -0.25) is 4.79 Å². The Bertz CT molecular complexity index is 321. The molecule has 0 aliphatic heterocycles. The number of urea groups is 1. The lowest BCUT2D eigenvalue weighted by atomic mass is 10.2. The van der Waals surface area contributed by atoms with Gasteiger partial charge in [-0.05, 0) is 13.8 Å². The molecule has 0 radical (unpaired) electrons. The molecule has 1 unspecified atom stereocenters. The fraction of sp³-hybridized carbons (Fsp3) is 0.727. The lowest BCUT2D eigenvalue weighted by molar-refractivity contribution is -0.146. The van der Waals surface area contributed by atoms with E-state index in [1.807, 2.05) is 0 Å². The zero-order valence-corrected chi connectivity index (χ0v) is 11.2. The minimum absolute atomic E-state index is 0.0260. The number of likely N-dealkylation sites (N-methyl/N-ethyl adjacent to an activating group) is 2. The molecule has 0 rings (SSSR count). The molecular formula is C11H21N3O5. The number of hydrogen-bond donors (Lipinski definition) is 4. The molecule has 8 nitrogen and oxygen atoms in total. The summed E-state index contributed by atoms with van der Waals surface area (Å²) in [7, 11) is 0. The third-order valence-corrected chi connectivity index (χ3v) is 2.36. The van der Waals surface area contributed by atoms with E-state index in [0.29, 0.717) is 13.1 Å². The number of nitrogens with zero attached hydrogens (tertiary/aromatic N) is 1. The molecule has 110 valence electrons. The van der Waals surface area contributed by atoms with Gasteiger partial charge in [0.1, 0.15) is 6.54 Å². The lowest BCUT2D eigenvalue weighted by Gasteiger charge is -2.20. The van der Waals surface area contributed by atoms with E-state index in [1.54, 1.807) is 13.8 Å². The van der Waals surface area contributed by atoms with E-state index in [0.717, 1.165) is 0 Å². The number of carboxylic acids is 1. The van der Waals surface area contributed by atoms with Crippen LogP contribution >= 0.6 is 0 Å². The second-order valence-electron chi connectivity index (χ2n) is 3.84. The van der Waals surface area contributed by atoms with Crippen molar-refractivity contribution in [1.29, 1.82) is 0 Å². The van der Waals surface area contributed by atoms with Crippen LogP contribution in [0.3, 0.4) is 0 Å². The van der Waals surface area contributed by atoms with Gasteiger partial charge in [0.15, 0.2) is 6.10 Å². The van der Waals surface area contributed by atoms with Gasteiger partial charge in [-0.1, -0.05) is 0 Å². The summed E-state index contributed by atoms with van der Waals surface area (Å²) in [4.78, 5) is 34.7. The second-order valence-corrected chi connectivity index (χ2v) is 3.84. The number of carboxylic acid groups (broad SMARTS) is 1. The highest BCUT2D eigenvalue weighted by Crippen LogP contribution is 1.93. The van der Waals surface area contributed by atoms with E-state index in [4.69, 9.17) is 10.2 Å². The van der Waals surface area contributed by atoms with Crippen LogP contribution in [0.4, 0.5) is 4.79 Å². The molecule has 4 N–H and O–H groups in total. The van der Waals surface area contributed by atoms with Gasteiger partial charge >= 0.3 is 12.0 Å². The van der Waals surface area contributed by atoms with Gasteiger partial charge in [-0.15, -0.1) is 0 Å². The van der Waals surface area contributed by atoms with Crippen LogP contribution in [0.5, 0.6) is 0 Å². The zero-order chi connectivity index (χ0) is 14.8. The fourth-order valence-electron chi connectivity index (χ4n) is 1.30. The summed E-state index contributed by atoms with van der Waals surface area (Å²) in [5, 5.41) is 22.5. The molecule has 0 heterocycles. The summed E-state index contributed by atoms with van der Waals surface area (Å²) in [6.45, 7) is 4.32. The lowest BCUT2D eigenvalue weighted by Crippen LogP contribution is -2.46.